The highest BCUT2D eigenvalue weighted by atomic mass is 32.2. The number of aliphatic carboxylic acids is 1. The van der Waals surface area contributed by atoms with Crippen LogP contribution in [0.2, 0.25) is 0 Å². The molecule has 116 valence electrons. The van der Waals surface area contributed by atoms with E-state index in [0.29, 0.717) is 19.3 Å². The van der Waals surface area contributed by atoms with Gasteiger partial charge in [0.2, 0.25) is 0 Å². The Kier molecular flexibility index (Phi) is 5.79. The molecule has 1 aliphatic rings. The van der Waals surface area contributed by atoms with Gasteiger partial charge in [0.25, 0.3) is 0 Å². The van der Waals surface area contributed by atoms with Crippen LogP contribution < -0.4 is 10.6 Å². The second kappa shape index (κ2) is 6.92. The maximum absolute atomic E-state index is 11.7. The van der Waals surface area contributed by atoms with E-state index in [1.165, 1.54) is 0 Å². The van der Waals surface area contributed by atoms with Crippen LogP contribution in [0.3, 0.4) is 0 Å². The predicted molar refractivity (Wildman–Crippen MR) is 74.3 cm³/mol. The number of amides is 2. The number of carbonyl (C=O) groups is 2. The van der Waals surface area contributed by atoms with E-state index in [-0.39, 0.29) is 18.1 Å². The summed E-state index contributed by atoms with van der Waals surface area (Å²) in [6, 6.07) is -0.553. The van der Waals surface area contributed by atoms with Crippen molar-refractivity contribution in [3.8, 4) is 0 Å². The topological polar surface area (TPSA) is 113 Å². The maximum atomic E-state index is 11.7. The van der Waals surface area contributed by atoms with E-state index in [9.17, 15) is 23.1 Å². The second-order valence-corrected chi connectivity index (χ2v) is 7.54. The molecule has 1 aliphatic carbocycles. The molecule has 1 rings (SSSR count). The average molecular weight is 306 g/mol. The zero-order valence-corrected chi connectivity index (χ0v) is 12.5. The molecule has 0 aromatic rings. The Morgan fingerprint density at radius 3 is 2.35 bits per heavy atom. The lowest BCUT2D eigenvalue weighted by Crippen LogP contribution is -2.55. The van der Waals surface area contributed by atoms with E-state index >= 15 is 0 Å². The predicted octanol–water partition coefficient (Wildman–Crippen LogP) is 0.508. The monoisotopic (exact) mass is 306 g/mol. The van der Waals surface area contributed by atoms with E-state index < -0.39 is 27.4 Å². The third-order valence-corrected chi connectivity index (χ3v) is 5.37. The van der Waals surface area contributed by atoms with Gasteiger partial charge in [0.05, 0.1) is 5.75 Å². The van der Waals surface area contributed by atoms with Crippen LogP contribution in [0.4, 0.5) is 4.79 Å². The summed E-state index contributed by atoms with van der Waals surface area (Å²) in [6.07, 6.45) is 2.74. The molecule has 0 aliphatic heterocycles. The molecule has 0 radical (unpaired) electrons. The Morgan fingerprint density at radius 2 is 1.85 bits per heavy atom. The van der Waals surface area contributed by atoms with Crippen molar-refractivity contribution in [2.75, 3.05) is 18.1 Å². The van der Waals surface area contributed by atoms with Gasteiger partial charge in [-0.2, -0.15) is 0 Å². The number of sulfone groups is 1. The van der Waals surface area contributed by atoms with Crippen molar-refractivity contribution in [3.05, 3.63) is 0 Å². The Hall–Kier alpha value is -1.31. The molecule has 0 heterocycles. The number of urea groups is 1. The van der Waals surface area contributed by atoms with Gasteiger partial charge >= 0.3 is 12.0 Å². The van der Waals surface area contributed by atoms with Crippen molar-refractivity contribution in [1.82, 2.24) is 10.6 Å². The van der Waals surface area contributed by atoms with Crippen molar-refractivity contribution >= 4 is 21.8 Å². The number of rotatable bonds is 7. The van der Waals surface area contributed by atoms with Crippen LogP contribution in [0.15, 0.2) is 0 Å². The molecule has 7 nitrogen and oxygen atoms in total. The SMILES string of the molecule is CCS(=O)(=O)CCCNC(=O)NC1(C(=O)O)CCCC1. The quantitative estimate of drug-likeness (QED) is 0.593. The van der Waals surface area contributed by atoms with Gasteiger partial charge < -0.3 is 15.7 Å². The van der Waals surface area contributed by atoms with Crippen LogP contribution in [-0.4, -0.2) is 49.1 Å². The first kappa shape index (κ1) is 16.7. The van der Waals surface area contributed by atoms with E-state index in [1.807, 2.05) is 0 Å². The molecule has 1 fully saturated rings. The zero-order chi connectivity index (χ0) is 15.2. The molecule has 0 unspecified atom stereocenters. The van der Waals surface area contributed by atoms with E-state index in [2.05, 4.69) is 10.6 Å². The summed E-state index contributed by atoms with van der Waals surface area (Å²) in [6.45, 7) is 1.78. The summed E-state index contributed by atoms with van der Waals surface area (Å²) < 4.78 is 22.5. The maximum Gasteiger partial charge on any atom is 0.329 e. The number of carboxylic acids is 1. The van der Waals surface area contributed by atoms with Crippen LogP contribution in [0, 0.1) is 0 Å². The first-order chi connectivity index (χ1) is 9.31. The van der Waals surface area contributed by atoms with Crippen molar-refractivity contribution in [3.63, 3.8) is 0 Å². The van der Waals surface area contributed by atoms with Gasteiger partial charge in [0.15, 0.2) is 0 Å². The van der Waals surface area contributed by atoms with Gasteiger partial charge in [-0.3, -0.25) is 0 Å². The minimum atomic E-state index is -3.03. The average Bonchev–Trinajstić information content (AvgIpc) is 2.84. The van der Waals surface area contributed by atoms with Crippen molar-refractivity contribution in [1.29, 1.82) is 0 Å². The fraction of sp³-hybridized carbons (Fsp3) is 0.833. The number of hydrogen-bond donors (Lipinski definition) is 3. The number of carbonyl (C=O) groups excluding carboxylic acids is 1. The summed E-state index contributed by atoms with van der Waals surface area (Å²) in [5.41, 5.74) is -1.17. The van der Waals surface area contributed by atoms with Crippen LogP contribution >= 0.6 is 0 Å². The molecule has 2 amide bonds. The Balaban J connectivity index is 2.35. The highest BCUT2D eigenvalue weighted by molar-refractivity contribution is 7.91. The van der Waals surface area contributed by atoms with E-state index in [0.717, 1.165) is 12.8 Å². The van der Waals surface area contributed by atoms with Crippen LogP contribution in [0.25, 0.3) is 0 Å². The first-order valence-corrected chi connectivity index (χ1v) is 8.63. The molecular formula is C12H22N2O5S. The van der Waals surface area contributed by atoms with Crippen LogP contribution in [0.1, 0.15) is 39.0 Å². The molecule has 1 saturated carbocycles. The summed E-state index contributed by atoms with van der Waals surface area (Å²) in [4.78, 5) is 22.9. The highest BCUT2D eigenvalue weighted by Crippen LogP contribution is 2.29. The highest BCUT2D eigenvalue weighted by Gasteiger charge is 2.42. The first-order valence-electron chi connectivity index (χ1n) is 6.81. The normalized spacial score (nSPS) is 17.6. The lowest BCUT2D eigenvalue weighted by Gasteiger charge is -2.25. The minimum absolute atomic E-state index is 0.0217. The van der Waals surface area contributed by atoms with Gasteiger partial charge in [-0.15, -0.1) is 0 Å². The van der Waals surface area contributed by atoms with Gasteiger partial charge in [0, 0.05) is 12.3 Å². The third kappa shape index (κ3) is 4.66. The number of carboxylic acid groups (broad SMARTS) is 1. The van der Waals surface area contributed by atoms with Crippen LogP contribution in [-0.2, 0) is 14.6 Å². The smallest absolute Gasteiger partial charge is 0.329 e. The summed E-state index contributed by atoms with van der Waals surface area (Å²) >= 11 is 0. The summed E-state index contributed by atoms with van der Waals surface area (Å²) in [5.74, 6) is -0.909. The van der Waals surface area contributed by atoms with Gasteiger partial charge in [-0.1, -0.05) is 19.8 Å². The van der Waals surface area contributed by atoms with E-state index in [1.54, 1.807) is 6.92 Å². The Morgan fingerprint density at radius 1 is 1.25 bits per heavy atom. The fourth-order valence-corrected chi connectivity index (χ4v) is 3.14. The van der Waals surface area contributed by atoms with Gasteiger partial charge in [-0.25, -0.2) is 18.0 Å². The molecule has 0 aromatic carbocycles. The fourth-order valence-electron chi connectivity index (χ4n) is 2.27. The Bertz CT molecular complexity index is 454. The van der Waals surface area contributed by atoms with E-state index in [4.69, 9.17) is 0 Å². The molecule has 20 heavy (non-hydrogen) atoms. The van der Waals surface area contributed by atoms with Crippen molar-refractivity contribution in [2.24, 2.45) is 0 Å². The molecule has 8 heteroatoms. The molecular weight excluding hydrogens is 284 g/mol. The Labute approximate surface area is 119 Å². The molecule has 0 saturated heterocycles. The zero-order valence-electron chi connectivity index (χ0n) is 11.6. The molecule has 0 atom stereocenters. The lowest BCUT2D eigenvalue weighted by atomic mass is 9.98. The molecule has 0 aromatic heterocycles. The summed E-state index contributed by atoms with van der Waals surface area (Å²) in [5, 5.41) is 14.2. The van der Waals surface area contributed by atoms with Crippen molar-refractivity contribution in [2.45, 2.75) is 44.6 Å². The number of nitrogens with one attached hydrogen (secondary N) is 2. The largest absolute Gasteiger partial charge is 0.480 e. The van der Waals surface area contributed by atoms with Gasteiger partial charge in [0.1, 0.15) is 15.4 Å². The number of hydrogen-bond acceptors (Lipinski definition) is 4. The van der Waals surface area contributed by atoms with Gasteiger partial charge in [-0.05, 0) is 19.3 Å². The molecule has 0 spiro atoms. The second-order valence-electron chi connectivity index (χ2n) is 5.07. The van der Waals surface area contributed by atoms with Crippen molar-refractivity contribution < 1.29 is 23.1 Å². The minimum Gasteiger partial charge on any atom is -0.480 e. The summed E-state index contributed by atoms with van der Waals surface area (Å²) in [7, 11) is -3.03. The third-order valence-electron chi connectivity index (χ3n) is 3.58. The van der Waals surface area contributed by atoms with Crippen LogP contribution in [0.5, 0.6) is 0 Å². The molecule has 3 N–H and O–H groups in total. The molecule has 0 bridgehead atoms. The lowest BCUT2D eigenvalue weighted by molar-refractivity contribution is -0.144. The standard InChI is InChI=1S/C12H22N2O5S/c1-2-20(18,19)9-5-8-13-11(17)14-12(10(15)16)6-3-4-7-12/h2-9H2,1H3,(H,15,16)(H2,13,14,17).